The Hall–Kier alpha value is -2.33. The summed E-state index contributed by atoms with van der Waals surface area (Å²) >= 11 is 5.27. The Balaban J connectivity index is 2.19. The summed E-state index contributed by atoms with van der Waals surface area (Å²) in [6, 6.07) is 19.4. The lowest BCUT2D eigenvalue weighted by Crippen LogP contribution is -1.96. The lowest BCUT2D eigenvalue weighted by atomic mass is 10.2. The van der Waals surface area contributed by atoms with E-state index in [4.69, 9.17) is 12.2 Å². The molecule has 1 heterocycles. The zero-order chi connectivity index (χ0) is 13.2. The normalized spacial score (nSPS) is 10.5. The number of benzene rings is 2. The van der Waals surface area contributed by atoms with Crippen molar-refractivity contribution in [1.82, 2.24) is 9.30 Å². The predicted molar refractivity (Wildman–Crippen MR) is 77.2 cm³/mol. The third-order valence-electron chi connectivity index (χ3n) is 2.97. The minimum atomic E-state index is 0.352. The van der Waals surface area contributed by atoms with Gasteiger partial charge in [-0.15, -0.1) is 0 Å². The molecule has 0 fully saturated rings. The van der Waals surface area contributed by atoms with Gasteiger partial charge in [0.2, 0.25) is 4.77 Å². The van der Waals surface area contributed by atoms with Crippen LogP contribution in [0.2, 0.25) is 0 Å². The van der Waals surface area contributed by atoms with Crippen LogP contribution in [0.25, 0.3) is 16.9 Å². The third kappa shape index (κ3) is 2.06. The van der Waals surface area contributed by atoms with Gasteiger partial charge in [0.05, 0.1) is 0 Å². The summed E-state index contributed by atoms with van der Waals surface area (Å²) < 4.78 is 3.18. The van der Waals surface area contributed by atoms with E-state index in [1.807, 2.05) is 66.9 Å². The molecule has 0 unspecified atom stereocenters. The molecule has 3 nitrogen and oxygen atoms in total. The van der Waals surface area contributed by atoms with E-state index in [2.05, 4.69) is 0 Å². The van der Waals surface area contributed by atoms with Gasteiger partial charge in [-0.05, 0) is 24.4 Å². The maximum Gasteiger partial charge on any atom is 0.219 e. The van der Waals surface area contributed by atoms with Crippen LogP contribution < -0.4 is 0 Å². The minimum Gasteiger partial charge on any atom is -0.425 e. The van der Waals surface area contributed by atoms with Crippen LogP contribution in [0.4, 0.5) is 0 Å². The van der Waals surface area contributed by atoms with Gasteiger partial charge in [0.25, 0.3) is 0 Å². The number of hydrogen-bond acceptors (Lipinski definition) is 2. The number of rotatable bonds is 2. The van der Waals surface area contributed by atoms with Gasteiger partial charge in [0.1, 0.15) is 5.69 Å². The zero-order valence-electron chi connectivity index (χ0n) is 10.1. The van der Waals surface area contributed by atoms with Gasteiger partial charge in [-0.1, -0.05) is 48.5 Å². The Bertz CT molecular complexity index is 745. The van der Waals surface area contributed by atoms with E-state index >= 15 is 0 Å². The largest absolute Gasteiger partial charge is 0.425 e. The van der Waals surface area contributed by atoms with Crippen LogP contribution in [0.5, 0.6) is 0 Å². The minimum absolute atomic E-state index is 0.352. The third-order valence-corrected chi connectivity index (χ3v) is 3.34. The second-order valence-electron chi connectivity index (χ2n) is 4.18. The van der Waals surface area contributed by atoms with E-state index in [9.17, 15) is 5.21 Å². The van der Waals surface area contributed by atoms with Crippen molar-refractivity contribution in [3.05, 3.63) is 71.6 Å². The molecule has 3 rings (SSSR count). The average molecular weight is 268 g/mol. The fourth-order valence-electron chi connectivity index (χ4n) is 2.02. The van der Waals surface area contributed by atoms with Crippen LogP contribution in [0.1, 0.15) is 0 Å². The quantitative estimate of drug-likeness (QED) is 0.564. The van der Waals surface area contributed by atoms with Crippen molar-refractivity contribution >= 4 is 12.2 Å². The maximum absolute atomic E-state index is 10.1. The second kappa shape index (κ2) is 4.74. The van der Waals surface area contributed by atoms with Crippen LogP contribution in [0.15, 0.2) is 66.9 Å². The summed E-state index contributed by atoms with van der Waals surface area (Å²) in [5, 5.41) is 10.1. The van der Waals surface area contributed by atoms with Crippen LogP contribution in [-0.2, 0) is 0 Å². The van der Waals surface area contributed by atoms with Gasteiger partial charge in [-0.2, -0.15) is 4.73 Å². The fraction of sp³-hybridized carbons (Fsp3) is 0. The first-order chi connectivity index (χ1) is 9.27. The SMILES string of the molecule is On1c(-c2ccccc2)cn(-c2ccccc2)c1=S. The highest BCUT2D eigenvalue weighted by molar-refractivity contribution is 7.71. The Morgan fingerprint density at radius 3 is 2.05 bits per heavy atom. The molecule has 0 bridgehead atoms. The smallest absolute Gasteiger partial charge is 0.219 e. The highest BCUT2D eigenvalue weighted by atomic mass is 32.1. The molecular weight excluding hydrogens is 256 g/mol. The molecule has 1 N–H and O–H groups in total. The van der Waals surface area contributed by atoms with Crippen molar-refractivity contribution in [3.8, 4) is 16.9 Å². The summed E-state index contributed by atoms with van der Waals surface area (Å²) in [7, 11) is 0. The van der Waals surface area contributed by atoms with E-state index in [0.29, 0.717) is 10.5 Å². The first-order valence-electron chi connectivity index (χ1n) is 5.92. The molecule has 0 aliphatic rings. The number of aromatic nitrogens is 2. The number of para-hydroxylation sites is 1. The molecule has 0 amide bonds. The van der Waals surface area contributed by atoms with Gasteiger partial charge < -0.3 is 5.21 Å². The Labute approximate surface area is 116 Å². The maximum atomic E-state index is 10.1. The first kappa shape index (κ1) is 11.7. The molecule has 3 aromatic rings. The fourth-order valence-corrected chi connectivity index (χ4v) is 2.27. The van der Waals surface area contributed by atoms with Crippen molar-refractivity contribution in [2.75, 3.05) is 0 Å². The summed E-state index contributed by atoms with van der Waals surface area (Å²) in [6.45, 7) is 0. The molecule has 94 valence electrons. The Morgan fingerprint density at radius 1 is 0.842 bits per heavy atom. The first-order valence-corrected chi connectivity index (χ1v) is 6.33. The van der Waals surface area contributed by atoms with Crippen LogP contribution in [-0.4, -0.2) is 14.5 Å². The molecule has 1 aromatic heterocycles. The second-order valence-corrected chi connectivity index (χ2v) is 4.55. The lowest BCUT2D eigenvalue weighted by molar-refractivity contribution is 0.185. The monoisotopic (exact) mass is 268 g/mol. The summed E-state index contributed by atoms with van der Waals surface area (Å²) in [5.74, 6) is 0. The van der Waals surface area contributed by atoms with Crippen molar-refractivity contribution in [3.63, 3.8) is 0 Å². The van der Waals surface area contributed by atoms with E-state index in [-0.39, 0.29) is 0 Å². The molecule has 4 heteroatoms. The van der Waals surface area contributed by atoms with Crippen molar-refractivity contribution in [2.45, 2.75) is 0 Å². The molecule has 0 spiro atoms. The molecule has 0 aliphatic carbocycles. The van der Waals surface area contributed by atoms with E-state index < -0.39 is 0 Å². The molecule has 19 heavy (non-hydrogen) atoms. The van der Waals surface area contributed by atoms with E-state index in [0.717, 1.165) is 16.0 Å². The Kier molecular flexibility index (Phi) is 2.93. The van der Waals surface area contributed by atoms with Crippen LogP contribution in [0, 0.1) is 4.77 Å². The van der Waals surface area contributed by atoms with E-state index in [1.54, 1.807) is 4.57 Å². The van der Waals surface area contributed by atoms with Crippen LogP contribution in [0.3, 0.4) is 0 Å². The summed E-state index contributed by atoms with van der Waals surface area (Å²) in [6.07, 6.45) is 1.84. The van der Waals surface area contributed by atoms with Crippen LogP contribution >= 0.6 is 12.2 Å². The molecule has 0 saturated heterocycles. The highest BCUT2D eigenvalue weighted by Crippen LogP contribution is 2.21. The van der Waals surface area contributed by atoms with Gasteiger partial charge >= 0.3 is 0 Å². The zero-order valence-corrected chi connectivity index (χ0v) is 10.9. The predicted octanol–water partition coefficient (Wildman–Crippen LogP) is 3.91. The van der Waals surface area contributed by atoms with Gasteiger partial charge in [-0.25, -0.2) is 0 Å². The highest BCUT2D eigenvalue weighted by Gasteiger charge is 2.10. The van der Waals surface area contributed by atoms with E-state index in [1.165, 1.54) is 0 Å². The standard InChI is InChI=1S/C15H12N2OS/c18-17-14(12-7-3-1-4-8-12)11-16(15(17)19)13-9-5-2-6-10-13/h1-11,18H. The summed E-state index contributed by atoms with van der Waals surface area (Å²) in [5.41, 5.74) is 2.53. The van der Waals surface area contributed by atoms with Crippen molar-refractivity contribution in [2.24, 2.45) is 0 Å². The summed E-state index contributed by atoms with van der Waals surface area (Å²) in [4.78, 5) is 0. The number of imidazole rings is 1. The molecule has 2 aromatic carbocycles. The van der Waals surface area contributed by atoms with Crippen molar-refractivity contribution < 1.29 is 5.21 Å². The molecule has 0 saturated carbocycles. The lowest BCUT2D eigenvalue weighted by Gasteiger charge is -1.99. The average Bonchev–Trinajstić information content (AvgIpc) is 2.77. The molecule has 0 radical (unpaired) electrons. The molecule has 0 atom stereocenters. The van der Waals surface area contributed by atoms with Gasteiger partial charge in [-0.3, -0.25) is 4.57 Å². The number of nitrogens with zero attached hydrogens (tertiary/aromatic N) is 2. The number of hydrogen-bond donors (Lipinski definition) is 1. The molecule has 0 aliphatic heterocycles. The topological polar surface area (TPSA) is 30.1 Å². The van der Waals surface area contributed by atoms with Gasteiger partial charge in [0.15, 0.2) is 0 Å². The van der Waals surface area contributed by atoms with Crippen molar-refractivity contribution in [1.29, 1.82) is 0 Å². The molecular formula is C15H12N2OS. The van der Waals surface area contributed by atoms with Gasteiger partial charge in [0, 0.05) is 17.4 Å². The Morgan fingerprint density at radius 2 is 1.42 bits per heavy atom.